The number of rotatable bonds is 24. The molecule has 11 rings (SSSR count). The number of methoxy groups -OCH3 is 2. The Hall–Kier alpha value is -8.35. The van der Waals surface area contributed by atoms with E-state index in [1.165, 1.54) is 28.1 Å². The van der Waals surface area contributed by atoms with Crippen molar-refractivity contribution in [3.05, 3.63) is 193 Å². The van der Waals surface area contributed by atoms with Gasteiger partial charge in [-0.1, -0.05) is 91.0 Å². The summed E-state index contributed by atoms with van der Waals surface area (Å²) in [4.78, 5) is 62.6. The Kier molecular flexibility index (Phi) is 18.5. The molecule has 5 aromatic carbocycles. The van der Waals surface area contributed by atoms with Crippen LogP contribution in [0.4, 0.5) is 20.4 Å². The van der Waals surface area contributed by atoms with Gasteiger partial charge in [-0.05, 0) is 77.0 Å². The van der Waals surface area contributed by atoms with E-state index in [2.05, 4.69) is 40.5 Å². The van der Waals surface area contributed by atoms with Gasteiger partial charge in [-0.2, -0.15) is 5.26 Å². The highest BCUT2D eigenvalue weighted by atomic mass is 32.5. The zero-order valence-corrected chi connectivity index (χ0v) is 48.7. The number of benzene rings is 5. The summed E-state index contributed by atoms with van der Waals surface area (Å²) in [5, 5.41) is 15.1. The second-order valence-electron chi connectivity index (χ2n) is 19.5. The highest BCUT2D eigenvalue weighted by Gasteiger charge is 2.53. The van der Waals surface area contributed by atoms with E-state index in [1.54, 1.807) is 99.1 Å². The molecule has 2 aliphatic heterocycles. The minimum absolute atomic E-state index is 0.00450. The Balaban J connectivity index is 0.938. The van der Waals surface area contributed by atoms with Gasteiger partial charge in [-0.3, -0.25) is 27.8 Å². The van der Waals surface area contributed by atoms with Crippen molar-refractivity contribution in [3.63, 3.8) is 0 Å². The van der Waals surface area contributed by atoms with Gasteiger partial charge in [0.05, 0.1) is 59.2 Å². The fraction of sp³-hybridized carbons (Fsp3) is 0.259. The van der Waals surface area contributed by atoms with E-state index in [9.17, 15) is 24.3 Å². The normalized spacial score (nSPS) is 21.2. The Labute approximate surface area is 500 Å². The average molecular weight is 1240 g/mol. The van der Waals surface area contributed by atoms with Crippen LogP contribution in [0.2, 0.25) is 0 Å². The molecule has 4 aromatic heterocycles. The summed E-state index contributed by atoms with van der Waals surface area (Å²) in [5.74, 6) is 0.116. The van der Waals surface area contributed by atoms with Crippen LogP contribution in [0.1, 0.15) is 56.3 Å². The third-order valence-corrected chi connectivity index (χ3v) is 17.2. The SMILES string of the molecule is COc1ccc(C(OC[C@H]2O[C@@H](n3cnc4c(NC(=O)c5ccccc5)ncnc43)[C@H](F)[C@@H]2OP(=S)(OCCC#N)OC[C@H]2O[C@@H](n3cnc4c(NC(=O)c5ccccc5)ncnc43)[C@H](F)[C@@H]2O[PH](=O)O)(c2ccccc2)c2ccc(OC)cc2)cc1. The summed E-state index contributed by atoms with van der Waals surface area (Å²) in [6.07, 6.45) is -9.77. The highest BCUT2D eigenvalue weighted by molar-refractivity contribution is 8.07. The van der Waals surface area contributed by atoms with Crippen molar-refractivity contribution in [1.82, 2.24) is 39.0 Å². The van der Waals surface area contributed by atoms with Crippen LogP contribution in [0.5, 0.6) is 11.5 Å². The van der Waals surface area contributed by atoms with E-state index in [1.807, 2.05) is 60.7 Å². The quantitative estimate of drug-likeness (QED) is 0.0289. The number of amides is 2. The fourth-order valence-electron chi connectivity index (χ4n) is 10.2. The molecule has 2 saturated heterocycles. The maximum absolute atomic E-state index is 18.2. The van der Waals surface area contributed by atoms with Gasteiger partial charge in [0, 0.05) is 11.1 Å². The lowest BCUT2D eigenvalue weighted by atomic mass is 9.80. The number of nitrogens with one attached hydrogen (secondary N) is 2. The van der Waals surface area contributed by atoms with Gasteiger partial charge in [0.1, 0.15) is 54.2 Å². The molecule has 0 bridgehead atoms. The van der Waals surface area contributed by atoms with Gasteiger partial charge in [0.2, 0.25) is 0 Å². The molecular weight excluding hydrogens is 1190 g/mol. The molecule has 6 heterocycles. The molecule has 2 fully saturated rings. The van der Waals surface area contributed by atoms with Gasteiger partial charge >= 0.3 is 15.0 Å². The lowest BCUT2D eigenvalue weighted by Crippen LogP contribution is -2.40. The summed E-state index contributed by atoms with van der Waals surface area (Å²) in [6, 6.07) is 42.3. The molecule has 10 atom stereocenters. The number of hydrogen-bond acceptors (Lipinski definition) is 20. The molecule has 9 aromatic rings. The Bertz CT molecular complexity index is 3950. The highest BCUT2D eigenvalue weighted by Crippen LogP contribution is 2.56. The lowest BCUT2D eigenvalue weighted by molar-refractivity contribution is -0.0932. The molecule has 2 amide bonds. The number of halogens is 2. The number of hydrogen-bond donors (Lipinski definition) is 3. The maximum Gasteiger partial charge on any atom is 0.327 e. The van der Waals surface area contributed by atoms with E-state index >= 15 is 8.78 Å². The first kappa shape index (κ1) is 60.3. The molecule has 87 heavy (non-hydrogen) atoms. The minimum Gasteiger partial charge on any atom is -0.497 e. The summed E-state index contributed by atoms with van der Waals surface area (Å²) >= 11 is 6.06. The molecule has 2 unspecified atom stereocenters. The zero-order chi connectivity index (χ0) is 60.7. The first-order valence-corrected chi connectivity index (χ1v) is 30.6. The molecule has 0 spiro atoms. The van der Waals surface area contributed by atoms with Gasteiger partial charge in [0.15, 0.2) is 58.8 Å². The van der Waals surface area contributed by atoms with Crippen LogP contribution in [0.25, 0.3) is 22.3 Å². The smallest absolute Gasteiger partial charge is 0.327 e. The monoisotopic (exact) mass is 1240 g/mol. The van der Waals surface area contributed by atoms with Crippen LogP contribution in [0, 0.1) is 11.3 Å². The second-order valence-corrected chi connectivity index (χ2v) is 23.2. The van der Waals surface area contributed by atoms with Crippen LogP contribution in [0.3, 0.4) is 0 Å². The molecular formula is C58H53F2N11O13P2S. The Morgan fingerprint density at radius 3 is 1.60 bits per heavy atom. The van der Waals surface area contributed by atoms with Crippen molar-refractivity contribution < 1.29 is 69.6 Å². The third kappa shape index (κ3) is 12.8. The van der Waals surface area contributed by atoms with E-state index in [4.69, 9.17) is 53.6 Å². The molecule has 0 radical (unpaired) electrons. The maximum atomic E-state index is 18.2. The van der Waals surface area contributed by atoms with E-state index < -0.39 is 101 Å². The van der Waals surface area contributed by atoms with E-state index in [0.717, 1.165) is 6.33 Å². The first-order valence-electron chi connectivity index (χ1n) is 26.8. The summed E-state index contributed by atoms with van der Waals surface area (Å²) in [5.41, 5.74) is 1.25. The molecule has 2 aliphatic rings. The molecule has 29 heteroatoms. The topological polar surface area (TPSA) is 290 Å². The number of carbonyl (C=O) groups excluding carboxylic acids is 2. The Morgan fingerprint density at radius 1 is 0.667 bits per heavy atom. The van der Waals surface area contributed by atoms with Gasteiger partial charge in [-0.25, -0.2) is 38.7 Å². The largest absolute Gasteiger partial charge is 0.497 e. The molecule has 0 saturated carbocycles. The van der Waals surface area contributed by atoms with Crippen LogP contribution >= 0.6 is 15.0 Å². The Morgan fingerprint density at radius 2 is 1.13 bits per heavy atom. The number of anilines is 2. The van der Waals surface area contributed by atoms with Crippen molar-refractivity contribution in [2.24, 2.45) is 0 Å². The molecule has 448 valence electrons. The number of imidazole rings is 2. The molecule has 0 aliphatic carbocycles. The van der Waals surface area contributed by atoms with Crippen LogP contribution in [0.15, 0.2) is 165 Å². The van der Waals surface area contributed by atoms with E-state index in [0.29, 0.717) is 39.3 Å². The second kappa shape index (κ2) is 26.7. The van der Waals surface area contributed by atoms with Crippen molar-refractivity contribution in [2.45, 2.75) is 61.2 Å². The number of alkyl halides is 2. The number of ether oxygens (including phenoxy) is 5. The van der Waals surface area contributed by atoms with Gasteiger partial charge < -0.3 is 52.8 Å². The van der Waals surface area contributed by atoms with E-state index in [-0.39, 0.29) is 40.4 Å². The zero-order valence-electron chi connectivity index (χ0n) is 46.0. The van der Waals surface area contributed by atoms with Crippen molar-refractivity contribution >= 4 is 72.6 Å². The van der Waals surface area contributed by atoms with Crippen LogP contribution < -0.4 is 20.1 Å². The number of nitrogens with zero attached hydrogens (tertiary/aromatic N) is 9. The average Bonchev–Trinajstić information content (AvgIpc) is 2.00. The molecule has 3 N–H and O–H groups in total. The van der Waals surface area contributed by atoms with Crippen LogP contribution in [-0.2, 0) is 54.3 Å². The first-order chi connectivity index (χ1) is 42.3. The van der Waals surface area contributed by atoms with Crippen molar-refractivity contribution in [1.29, 1.82) is 5.26 Å². The number of carbonyl (C=O) groups is 2. The minimum atomic E-state index is -4.42. The predicted molar refractivity (Wildman–Crippen MR) is 313 cm³/mol. The number of aromatic nitrogens is 8. The third-order valence-electron chi connectivity index (χ3n) is 14.3. The van der Waals surface area contributed by atoms with Gasteiger partial charge in [-0.15, -0.1) is 0 Å². The summed E-state index contributed by atoms with van der Waals surface area (Å²) in [7, 11) is -0.802. The fourth-order valence-corrected chi connectivity index (χ4v) is 12.8. The standard InChI is InChI=1S/C58H53F2N11O13P2S/c1-76-40-23-19-38(20-24-40)58(37-17-10-5-11-18-37,39-21-25-41(77-2)26-22-39)78-29-42-49(45(60)57(81-42)71-34-67-47-51(63-32-65-53(47)71)69-55(73)36-15-8-4-9-16-36)84-86(87,79-28-12-27-61)80-30-43-48(83-85(74)75)44(59)56(82-43)70-33-66-46-50(62-31-64-52(46)70)68-54(72)35-13-6-3-7-14-35/h3-11,13-26,31-34,42-45,48-49,56-57,85H,12,28-30H2,1-2H3,(H,74,75)(H,62,64,68,72)(H,63,65,69,73)/t42-,43-,44-,45-,48-,49-,56-,57-,86?/m1/s1. The molecule has 24 nitrogen and oxygen atoms in total. The van der Waals surface area contributed by atoms with Crippen molar-refractivity contribution in [2.75, 3.05) is 44.7 Å². The van der Waals surface area contributed by atoms with Gasteiger partial charge in [0.25, 0.3) is 11.8 Å². The number of fused-ring (bicyclic) bond motifs is 2. The van der Waals surface area contributed by atoms with Crippen molar-refractivity contribution in [3.8, 4) is 17.6 Å². The van der Waals surface area contributed by atoms with Crippen LogP contribution in [-0.4, -0.2) is 127 Å². The predicted octanol–water partition coefficient (Wildman–Crippen LogP) is 8.99. The summed E-state index contributed by atoms with van der Waals surface area (Å²) < 4.78 is 105. The lowest BCUT2D eigenvalue weighted by Gasteiger charge is -2.37. The number of nitriles is 1. The summed E-state index contributed by atoms with van der Waals surface area (Å²) in [6.45, 7) is -6.04.